The van der Waals surface area contributed by atoms with E-state index in [0.29, 0.717) is 0 Å². The Kier molecular flexibility index (Phi) is 9.84. The maximum Gasteiger partial charge on any atom is 0.136 e. The van der Waals surface area contributed by atoms with E-state index in [1.54, 1.807) is 0 Å². The van der Waals surface area contributed by atoms with Crippen LogP contribution in [0.5, 0.6) is 0 Å². The molecule has 0 saturated carbocycles. The summed E-state index contributed by atoms with van der Waals surface area (Å²) in [5, 5.41) is 4.75. The number of furan rings is 1. The van der Waals surface area contributed by atoms with E-state index in [4.69, 9.17) is 4.42 Å². The van der Waals surface area contributed by atoms with Gasteiger partial charge in [0.25, 0.3) is 0 Å². The number of anilines is 3. The zero-order valence-corrected chi connectivity index (χ0v) is 37.7. The minimum Gasteiger partial charge on any atom is -0.456 e. The molecule has 324 valence electrons. The Bertz CT molecular complexity index is 3960. The number of rotatable bonds is 9. The molecule has 0 fully saturated rings. The molecule has 0 aliphatic heterocycles. The number of fused-ring (bicyclic) bond motifs is 6. The Morgan fingerprint density at radius 3 is 1.42 bits per heavy atom. The molecule has 3 heteroatoms. The van der Waals surface area contributed by atoms with E-state index >= 15 is 0 Å². The summed E-state index contributed by atoms with van der Waals surface area (Å²) in [5.74, 6) is 0. The lowest BCUT2D eigenvalue weighted by molar-refractivity contribution is 0.669. The zero-order valence-electron chi connectivity index (χ0n) is 37.7. The molecule has 13 aromatic rings. The zero-order chi connectivity index (χ0) is 45.7. The molecule has 2 aromatic heterocycles. The summed E-state index contributed by atoms with van der Waals surface area (Å²) in [6.45, 7) is 0. The third-order valence-electron chi connectivity index (χ3n) is 13.6. The van der Waals surface area contributed by atoms with E-state index in [1.807, 2.05) is 6.07 Å². The highest BCUT2D eigenvalue weighted by atomic mass is 16.3. The van der Waals surface area contributed by atoms with Crippen LogP contribution in [0.1, 0.15) is 0 Å². The first-order valence-corrected chi connectivity index (χ1v) is 23.6. The molecule has 69 heavy (non-hydrogen) atoms. The van der Waals surface area contributed by atoms with Crippen LogP contribution in [0.3, 0.4) is 0 Å². The van der Waals surface area contributed by atoms with Gasteiger partial charge in [-0.05, 0) is 111 Å². The standard InChI is InChI=1S/C66H44N2O/c1-2-18-47(19-3-1)52-22-4-5-23-53(52)54-24-6-11-30-60(54)67(63-33-14-9-27-57(63)58-29-17-35-65-66(58)59-28-10-15-34-64(59)69-65)50-40-36-45(37-41-50)48-20-16-21-49(44-48)46-38-42-51(43-39-46)68-61-31-12-7-25-55(61)56-26-8-13-32-62(56)68/h1-44H. The van der Waals surface area contributed by atoms with Gasteiger partial charge in [0.05, 0.1) is 22.4 Å². The van der Waals surface area contributed by atoms with Gasteiger partial charge in [0.15, 0.2) is 0 Å². The van der Waals surface area contributed by atoms with Gasteiger partial charge in [-0.1, -0.05) is 200 Å². The van der Waals surface area contributed by atoms with Crippen LogP contribution < -0.4 is 4.90 Å². The van der Waals surface area contributed by atoms with Crippen LogP contribution in [0.25, 0.3) is 105 Å². The molecule has 13 rings (SSSR count). The van der Waals surface area contributed by atoms with Crippen LogP contribution in [0.15, 0.2) is 271 Å². The molecule has 0 unspecified atom stereocenters. The first-order valence-electron chi connectivity index (χ1n) is 23.6. The molecule has 2 heterocycles. The molecule has 3 nitrogen and oxygen atoms in total. The third kappa shape index (κ3) is 6.99. The summed E-state index contributed by atoms with van der Waals surface area (Å²) in [6, 6.07) is 96.1. The minimum atomic E-state index is 0.873. The molecule has 0 bridgehead atoms. The normalized spacial score (nSPS) is 11.5. The van der Waals surface area contributed by atoms with Crippen molar-refractivity contribution in [3.05, 3.63) is 267 Å². The maximum absolute atomic E-state index is 6.44. The highest BCUT2D eigenvalue weighted by Gasteiger charge is 2.23. The van der Waals surface area contributed by atoms with Crippen LogP contribution in [0.2, 0.25) is 0 Å². The lowest BCUT2D eigenvalue weighted by Gasteiger charge is -2.30. The first-order chi connectivity index (χ1) is 34.2. The monoisotopic (exact) mass is 880 g/mol. The molecule has 0 spiro atoms. The van der Waals surface area contributed by atoms with Crippen LogP contribution in [-0.2, 0) is 0 Å². The molecular formula is C66H44N2O. The Morgan fingerprint density at radius 2 is 0.754 bits per heavy atom. The van der Waals surface area contributed by atoms with Crippen molar-refractivity contribution < 1.29 is 4.42 Å². The van der Waals surface area contributed by atoms with Gasteiger partial charge in [-0.3, -0.25) is 0 Å². The van der Waals surface area contributed by atoms with Gasteiger partial charge < -0.3 is 13.9 Å². The second kappa shape index (κ2) is 16.9. The Balaban J connectivity index is 0.921. The van der Waals surface area contributed by atoms with Crippen molar-refractivity contribution in [2.24, 2.45) is 0 Å². The quantitative estimate of drug-likeness (QED) is 0.144. The maximum atomic E-state index is 6.44. The fourth-order valence-electron chi connectivity index (χ4n) is 10.5. The SMILES string of the molecule is c1ccc(-c2ccccc2-c2ccccc2N(c2ccc(-c3cccc(-c4ccc(-n5c6ccccc6c6ccccc65)cc4)c3)cc2)c2ccccc2-c2cccc3oc4ccccc4c23)cc1. The number of hydrogen-bond donors (Lipinski definition) is 0. The fourth-order valence-corrected chi connectivity index (χ4v) is 10.5. The predicted molar refractivity (Wildman–Crippen MR) is 290 cm³/mol. The van der Waals surface area contributed by atoms with Crippen LogP contribution in [0.4, 0.5) is 17.1 Å². The van der Waals surface area contributed by atoms with E-state index < -0.39 is 0 Å². The second-order valence-electron chi connectivity index (χ2n) is 17.6. The van der Waals surface area contributed by atoms with Crippen molar-refractivity contribution >= 4 is 60.8 Å². The summed E-state index contributed by atoms with van der Waals surface area (Å²) in [7, 11) is 0. The molecule has 0 N–H and O–H groups in total. The van der Waals surface area contributed by atoms with Crippen molar-refractivity contribution in [1.82, 2.24) is 4.57 Å². The smallest absolute Gasteiger partial charge is 0.136 e. The second-order valence-corrected chi connectivity index (χ2v) is 17.6. The predicted octanol–water partition coefficient (Wildman–Crippen LogP) is 18.5. The minimum absolute atomic E-state index is 0.873. The van der Waals surface area contributed by atoms with Crippen molar-refractivity contribution in [3.8, 4) is 61.3 Å². The van der Waals surface area contributed by atoms with Crippen LogP contribution >= 0.6 is 0 Å². The van der Waals surface area contributed by atoms with E-state index in [0.717, 1.165) is 72.5 Å². The number of aromatic nitrogens is 1. The lowest BCUT2D eigenvalue weighted by atomic mass is 9.92. The molecule has 0 radical (unpaired) electrons. The van der Waals surface area contributed by atoms with Crippen LogP contribution in [0, 0.1) is 0 Å². The molecular weight excluding hydrogens is 837 g/mol. The van der Waals surface area contributed by atoms with Gasteiger partial charge in [-0.2, -0.15) is 0 Å². The van der Waals surface area contributed by atoms with E-state index in [9.17, 15) is 0 Å². The average molecular weight is 881 g/mol. The Labute approximate surface area is 401 Å². The fraction of sp³-hybridized carbons (Fsp3) is 0. The van der Waals surface area contributed by atoms with Crippen molar-refractivity contribution in [2.45, 2.75) is 0 Å². The molecule has 0 saturated heterocycles. The van der Waals surface area contributed by atoms with Crippen molar-refractivity contribution in [3.63, 3.8) is 0 Å². The highest BCUT2D eigenvalue weighted by Crippen LogP contribution is 2.48. The number of para-hydroxylation sites is 5. The summed E-state index contributed by atoms with van der Waals surface area (Å²) in [6.07, 6.45) is 0. The van der Waals surface area contributed by atoms with E-state index in [2.05, 4.69) is 270 Å². The Hall–Kier alpha value is -9.18. The molecule has 0 amide bonds. The summed E-state index contributed by atoms with van der Waals surface area (Å²) < 4.78 is 8.81. The number of benzene rings is 11. The third-order valence-corrected chi connectivity index (χ3v) is 13.6. The molecule has 0 aliphatic rings. The van der Waals surface area contributed by atoms with Crippen LogP contribution in [-0.4, -0.2) is 4.57 Å². The average Bonchev–Trinajstić information content (AvgIpc) is 3.98. The lowest BCUT2D eigenvalue weighted by Crippen LogP contribution is -2.12. The number of nitrogens with zero attached hydrogens (tertiary/aromatic N) is 2. The van der Waals surface area contributed by atoms with Gasteiger partial charge in [0.2, 0.25) is 0 Å². The van der Waals surface area contributed by atoms with Gasteiger partial charge in [0, 0.05) is 44.0 Å². The largest absolute Gasteiger partial charge is 0.456 e. The van der Waals surface area contributed by atoms with Gasteiger partial charge in [0.1, 0.15) is 11.2 Å². The van der Waals surface area contributed by atoms with Gasteiger partial charge >= 0.3 is 0 Å². The Morgan fingerprint density at radius 1 is 0.290 bits per heavy atom. The molecule has 0 aliphatic carbocycles. The van der Waals surface area contributed by atoms with Crippen molar-refractivity contribution in [2.75, 3.05) is 4.90 Å². The molecule has 0 atom stereocenters. The molecule has 11 aromatic carbocycles. The summed E-state index contributed by atoms with van der Waals surface area (Å²) >= 11 is 0. The summed E-state index contributed by atoms with van der Waals surface area (Å²) in [5.41, 5.74) is 20.1. The van der Waals surface area contributed by atoms with E-state index in [-0.39, 0.29) is 0 Å². The summed E-state index contributed by atoms with van der Waals surface area (Å²) in [4.78, 5) is 2.44. The first kappa shape index (κ1) is 40.1. The number of hydrogen-bond acceptors (Lipinski definition) is 2. The van der Waals surface area contributed by atoms with Crippen molar-refractivity contribution in [1.29, 1.82) is 0 Å². The van der Waals surface area contributed by atoms with Gasteiger partial charge in [-0.15, -0.1) is 0 Å². The topological polar surface area (TPSA) is 21.3 Å². The van der Waals surface area contributed by atoms with E-state index in [1.165, 1.54) is 49.6 Å². The van der Waals surface area contributed by atoms with Gasteiger partial charge in [-0.25, -0.2) is 0 Å². The highest BCUT2D eigenvalue weighted by molar-refractivity contribution is 6.14.